The van der Waals surface area contributed by atoms with Gasteiger partial charge in [-0.1, -0.05) is 36.4 Å². The van der Waals surface area contributed by atoms with Crippen LogP contribution in [0.5, 0.6) is 0 Å². The monoisotopic (exact) mass is 378 g/mol. The van der Waals surface area contributed by atoms with Gasteiger partial charge in [0.15, 0.2) is 0 Å². The number of hydrogen-bond acceptors (Lipinski definition) is 4. The highest BCUT2D eigenvalue weighted by atomic mass is 16.2. The molecular formula is C23H30N4O. The first-order valence-electron chi connectivity index (χ1n) is 10.4. The van der Waals surface area contributed by atoms with Crippen LogP contribution in [0.1, 0.15) is 30.4 Å². The first kappa shape index (κ1) is 18.9. The summed E-state index contributed by atoms with van der Waals surface area (Å²) in [5.41, 5.74) is 2.35. The summed E-state index contributed by atoms with van der Waals surface area (Å²) in [5.74, 6) is 1.31. The summed E-state index contributed by atoms with van der Waals surface area (Å²) in [6, 6.07) is 14.9. The van der Waals surface area contributed by atoms with Gasteiger partial charge in [-0.15, -0.1) is 0 Å². The average molecular weight is 379 g/mol. The summed E-state index contributed by atoms with van der Waals surface area (Å²) < 4.78 is 0. The average Bonchev–Trinajstić information content (AvgIpc) is 3.57. The molecule has 0 atom stereocenters. The van der Waals surface area contributed by atoms with Crippen molar-refractivity contribution in [3.63, 3.8) is 0 Å². The van der Waals surface area contributed by atoms with E-state index in [1.807, 2.05) is 24.4 Å². The zero-order chi connectivity index (χ0) is 19.3. The fourth-order valence-corrected chi connectivity index (χ4v) is 3.78. The van der Waals surface area contributed by atoms with Crippen molar-refractivity contribution in [3.8, 4) is 0 Å². The van der Waals surface area contributed by atoms with Crippen molar-refractivity contribution < 1.29 is 4.79 Å². The fraction of sp³-hybridized carbons (Fsp3) is 0.478. The van der Waals surface area contributed by atoms with Crippen molar-refractivity contribution in [2.45, 2.75) is 38.3 Å². The molecular weight excluding hydrogens is 348 g/mol. The number of aryl methyl sites for hydroxylation is 1. The largest absolute Gasteiger partial charge is 0.354 e. The molecule has 0 unspecified atom stereocenters. The van der Waals surface area contributed by atoms with Gasteiger partial charge in [0.25, 0.3) is 0 Å². The Morgan fingerprint density at radius 2 is 1.79 bits per heavy atom. The molecule has 4 rings (SSSR count). The Kier molecular flexibility index (Phi) is 5.91. The number of hydrogen-bond donors (Lipinski definition) is 0. The van der Waals surface area contributed by atoms with Crippen molar-refractivity contribution in [2.75, 3.05) is 38.1 Å². The number of carbonyl (C=O) groups is 1. The third kappa shape index (κ3) is 4.90. The molecule has 2 aliphatic rings. The van der Waals surface area contributed by atoms with Gasteiger partial charge in [0.2, 0.25) is 5.91 Å². The lowest BCUT2D eigenvalue weighted by Gasteiger charge is -2.33. The predicted molar refractivity (Wildman–Crippen MR) is 112 cm³/mol. The van der Waals surface area contributed by atoms with E-state index in [-0.39, 0.29) is 5.91 Å². The zero-order valence-corrected chi connectivity index (χ0v) is 16.8. The van der Waals surface area contributed by atoms with Gasteiger partial charge in [-0.3, -0.25) is 4.79 Å². The summed E-state index contributed by atoms with van der Waals surface area (Å²) in [6.07, 6.45) is 5.60. The van der Waals surface area contributed by atoms with E-state index in [0.29, 0.717) is 19.0 Å². The van der Waals surface area contributed by atoms with Gasteiger partial charge in [0.05, 0.1) is 0 Å². The third-order valence-corrected chi connectivity index (χ3v) is 5.77. The normalized spacial score (nSPS) is 17.5. The van der Waals surface area contributed by atoms with Crippen molar-refractivity contribution in [1.29, 1.82) is 0 Å². The van der Waals surface area contributed by atoms with E-state index in [0.717, 1.165) is 56.8 Å². The third-order valence-electron chi connectivity index (χ3n) is 5.77. The highest BCUT2D eigenvalue weighted by molar-refractivity contribution is 5.77. The SMILES string of the molecule is CN1CCN(c2ccc(CN(C(=O)CCc3ccccc3)C3CC3)cn2)CC1. The van der Waals surface area contributed by atoms with Gasteiger partial charge in [0.1, 0.15) is 5.82 Å². The topological polar surface area (TPSA) is 39.7 Å². The van der Waals surface area contributed by atoms with Gasteiger partial charge >= 0.3 is 0 Å². The van der Waals surface area contributed by atoms with Crippen LogP contribution < -0.4 is 4.90 Å². The molecule has 1 aromatic carbocycles. The molecule has 1 saturated heterocycles. The van der Waals surface area contributed by atoms with Crippen LogP contribution in [0.25, 0.3) is 0 Å². The lowest BCUT2D eigenvalue weighted by Crippen LogP contribution is -2.44. The molecule has 1 amide bonds. The van der Waals surface area contributed by atoms with Gasteiger partial charge in [0, 0.05) is 51.4 Å². The van der Waals surface area contributed by atoms with Crippen LogP contribution in [-0.2, 0) is 17.8 Å². The minimum Gasteiger partial charge on any atom is -0.354 e. The lowest BCUT2D eigenvalue weighted by molar-refractivity contribution is -0.132. The van der Waals surface area contributed by atoms with Gasteiger partial charge in [-0.25, -0.2) is 4.98 Å². The minimum atomic E-state index is 0.259. The smallest absolute Gasteiger partial charge is 0.223 e. The van der Waals surface area contributed by atoms with Crippen LogP contribution in [0.15, 0.2) is 48.7 Å². The maximum Gasteiger partial charge on any atom is 0.223 e. The summed E-state index contributed by atoms with van der Waals surface area (Å²) in [6.45, 7) is 4.88. The number of aromatic nitrogens is 1. The highest BCUT2D eigenvalue weighted by Gasteiger charge is 2.32. The van der Waals surface area contributed by atoms with Crippen molar-refractivity contribution in [2.24, 2.45) is 0 Å². The summed E-state index contributed by atoms with van der Waals surface area (Å²) in [4.78, 5) is 24.3. The molecule has 0 bridgehead atoms. The van der Waals surface area contributed by atoms with E-state index < -0.39 is 0 Å². The molecule has 1 aromatic heterocycles. The molecule has 28 heavy (non-hydrogen) atoms. The predicted octanol–water partition coefficient (Wildman–Crippen LogP) is 2.96. The summed E-state index contributed by atoms with van der Waals surface area (Å²) in [7, 11) is 2.16. The Morgan fingerprint density at radius 3 is 2.43 bits per heavy atom. The second-order valence-electron chi connectivity index (χ2n) is 8.05. The molecule has 1 saturated carbocycles. The number of piperazine rings is 1. The van der Waals surface area contributed by atoms with E-state index in [1.54, 1.807) is 0 Å². The Balaban J connectivity index is 1.34. The Hall–Kier alpha value is -2.40. The Bertz CT molecular complexity index is 765. The highest BCUT2D eigenvalue weighted by Crippen LogP contribution is 2.29. The van der Waals surface area contributed by atoms with E-state index in [1.165, 1.54) is 5.56 Å². The van der Waals surface area contributed by atoms with Gasteiger partial charge < -0.3 is 14.7 Å². The Labute approximate surface area is 168 Å². The van der Waals surface area contributed by atoms with E-state index >= 15 is 0 Å². The second-order valence-corrected chi connectivity index (χ2v) is 8.05. The number of pyridine rings is 1. The van der Waals surface area contributed by atoms with E-state index in [9.17, 15) is 4.79 Å². The molecule has 0 radical (unpaired) electrons. The molecule has 5 nitrogen and oxygen atoms in total. The summed E-state index contributed by atoms with van der Waals surface area (Å²) >= 11 is 0. The molecule has 0 spiro atoms. The molecule has 0 N–H and O–H groups in total. The molecule has 2 aromatic rings. The van der Waals surface area contributed by atoms with Crippen LogP contribution in [0.3, 0.4) is 0 Å². The number of anilines is 1. The van der Waals surface area contributed by atoms with Crippen LogP contribution in [-0.4, -0.2) is 60.0 Å². The van der Waals surface area contributed by atoms with Crippen molar-refractivity contribution in [1.82, 2.24) is 14.8 Å². The molecule has 2 fully saturated rings. The minimum absolute atomic E-state index is 0.259. The molecule has 1 aliphatic heterocycles. The maximum atomic E-state index is 12.8. The first-order chi connectivity index (χ1) is 13.7. The number of rotatable bonds is 7. The lowest BCUT2D eigenvalue weighted by atomic mass is 10.1. The first-order valence-corrected chi connectivity index (χ1v) is 10.4. The van der Waals surface area contributed by atoms with Crippen molar-refractivity contribution >= 4 is 11.7 Å². The number of benzene rings is 1. The molecule has 2 heterocycles. The molecule has 1 aliphatic carbocycles. The Morgan fingerprint density at radius 1 is 1.04 bits per heavy atom. The van der Waals surface area contributed by atoms with Crippen LogP contribution in [0, 0.1) is 0 Å². The number of nitrogens with zero attached hydrogens (tertiary/aromatic N) is 4. The number of likely N-dealkylation sites (N-methyl/N-ethyl adjacent to an activating group) is 1. The molecule has 148 valence electrons. The summed E-state index contributed by atoms with van der Waals surface area (Å²) in [5, 5.41) is 0. The maximum absolute atomic E-state index is 12.8. The van der Waals surface area contributed by atoms with Crippen LogP contribution in [0.4, 0.5) is 5.82 Å². The number of carbonyl (C=O) groups excluding carboxylic acids is 1. The van der Waals surface area contributed by atoms with E-state index in [4.69, 9.17) is 0 Å². The van der Waals surface area contributed by atoms with E-state index in [2.05, 4.69) is 51.0 Å². The van der Waals surface area contributed by atoms with Crippen molar-refractivity contribution in [3.05, 3.63) is 59.8 Å². The molecule has 5 heteroatoms. The second kappa shape index (κ2) is 8.74. The zero-order valence-electron chi connectivity index (χ0n) is 16.8. The number of amides is 1. The van der Waals surface area contributed by atoms with Gasteiger partial charge in [-0.2, -0.15) is 0 Å². The van der Waals surface area contributed by atoms with Crippen LogP contribution >= 0.6 is 0 Å². The fourth-order valence-electron chi connectivity index (χ4n) is 3.78. The van der Waals surface area contributed by atoms with Gasteiger partial charge in [-0.05, 0) is 43.5 Å². The standard InChI is InChI=1S/C23H30N4O/c1-25-13-15-26(16-14-25)22-11-7-20(17-24-22)18-27(21-9-10-21)23(28)12-8-19-5-3-2-4-6-19/h2-7,11,17,21H,8-10,12-16,18H2,1H3. The van der Waals surface area contributed by atoms with Crippen LogP contribution in [0.2, 0.25) is 0 Å². The quantitative estimate of drug-likeness (QED) is 0.743.